The molecule has 0 spiro atoms. The average molecular weight is 407 g/mol. The van der Waals surface area contributed by atoms with Crippen LogP contribution in [0.25, 0.3) is 0 Å². The van der Waals surface area contributed by atoms with Crippen molar-refractivity contribution in [1.29, 1.82) is 0 Å². The molecule has 1 aliphatic heterocycles. The van der Waals surface area contributed by atoms with Crippen LogP contribution in [0.2, 0.25) is 0 Å². The van der Waals surface area contributed by atoms with Crippen molar-refractivity contribution in [2.75, 3.05) is 46.5 Å². The third kappa shape index (κ3) is 6.67. The van der Waals surface area contributed by atoms with Gasteiger partial charge >= 0.3 is 0 Å². The second kappa shape index (κ2) is 11.9. The minimum Gasteiger partial charge on any atom is -0.493 e. The maximum Gasteiger partial charge on any atom is 0.166 e. The predicted molar refractivity (Wildman–Crippen MR) is 115 cm³/mol. The van der Waals surface area contributed by atoms with Crippen LogP contribution >= 0.6 is 12.4 Å². The Morgan fingerprint density at radius 3 is 2.54 bits per heavy atom. The summed E-state index contributed by atoms with van der Waals surface area (Å²) in [6.07, 6.45) is 0. The first-order chi connectivity index (χ1) is 13.3. The van der Waals surface area contributed by atoms with Crippen LogP contribution in [0.15, 0.2) is 42.5 Å². The lowest BCUT2D eigenvalue weighted by molar-refractivity contribution is 0.0384. The van der Waals surface area contributed by atoms with E-state index < -0.39 is 0 Å². The highest BCUT2D eigenvalue weighted by Crippen LogP contribution is 2.31. The molecule has 0 radical (unpaired) electrons. The van der Waals surface area contributed by atoms with Gasteiger partial charge in [-0.3, -0.25) is 4.90 Å². The molecule has 1 aliphatic rings. The highest BCUT2D eigenvalue weighted by atomic mass is 35.5. The van der Waals surface area contributed by atoms with Gasteiger partial charge in [0, 0.05) is 38.3 Å². The SMILES string of the molecule is COc1cccc(CNCCN2CCOCC2)c1OCc1ccc(C)cc1.Cl. The van der Waals surface area contributed by atoms with Crippen LogP contribution in [-0.4, -0.2) is 51.4 Å². The van der Waals surface area contributed by atoms with Crippen molar-refractivity contribution in [2.24, 2.45) is 0 Å². The monoisotopic (exact) mass is 406 g/mol. The third-order valence-corrected chi connectivity index (χ3v) is 4.81. The first-order valence-corrected chi connectivity index (χ1v) is 9.61. The molecular weight excluding hydrogens is 376 g/mol. The molecule has 2 aromatic rings. The minimum atomic E-state index is 0. The molecule has 154 valence electrons. The summed E-state index contributed by atoms with van der Waals surface area (Å²) in [5.74, 6) is 1.59. The Labute approximate surface area is 174 Å². The van der Waals surface area contributed by atoms with Gasteiger partial charge in [0.25, 0.3) is 0 Å². The molecule has 28 heavy (non-hydrogen) atoms. The van der Waals surface area contributed by atoms with E-state index >= 15 is 0 Å². The molecule has 0 unspecified atom stereocenters. The van der Waals surface area contributed by atoms with Gasteiger partial charge in [-0.25, -0.2) is 0 Å². The van der Waals surface area contributed by atoms with E-state index in [4.69, 9.17) is 14.2 Å². The maximum atomic E-state index is 6.14. The number of hydrogen-bond donors (Lipinski definition) is 1. The Morgan fingerprint density at radius 2 is 1.82 bits per heavy atom. The Bertz CT molecular complexity index is 703. The fourth-order valence-electron chi connectivity index (χ4n) is 3.15. The lowest BCUT2D eigenvalue weighted by Crippen LogP contribution is -2.40. The molecule has 5 nitrogen and oxygen atoms in total. The molecule has 1 heterocycles. The second-order valence-corrected chi connectivity index (χ2v) is 6.85. The van der Waals surface area contributed by atoms with Crippen LogP contribution in [0.5, 0.6) is 11.5 Å². The van der Waals surface area contributed by atoms with Crippen molar-refractivity contribution in [3.8, 4) is 11.5 Å². The molecule has 0 bridgehead atoms. The third-order valence-electron chi connectivity index (χ3n) is 4.81. The van der Waals surface area contributed by atoms with Crippen LogP contribution < -0.4 is 14.8 Å². The molecular formula is C22H31ClN2O3. The highest BCUT2D eigenvalue weighted by Gasteiger charge is 2.12. The number of benzene rings is 2. The molecule has 0 saturated carbocycles. The van der Waals surface area contributed by atoms with E-state index in [-0.39, 0.29) is 12.4 Å². The van der Waals surface area contributed by atoms with Crippen LogP contribution in [-0.2, 0) is 17.9 Å². The Kier molecular flexibility index (Phi) is 9.58. The van der Waals surface area contributed by atoms with E-state index in [9.17, 15) is 0 Å². The zero-order chi connectivity index (χ0) is 18.9. The van der Waals surface area contributed by atoms with Gasteiger partial charge in [0.15, 0.2) is 11.5 Å². The largest absolute Gasteiger partial charge is 0.493 e. The minimum absolute atomic E-state index is 0. The van der Waals surface area contributed by atoms with Gasteiger partial charge in [-0.2, -0.15) is 0 Å². The van der Waals surface area contributed by atoms with Gasteiger partial charge in [0.1, 0.15) is 6.61 Å². The zero-order valence-electron chi connectivity index (χ0n) is 16.8. The first kappa shape index (κ1) is 22.5. The number of methoxy groups -OCH3 is 1. The van der Waals surface area contributed by atoms with E-state index in [0.717, 1.165) is 68.6 Å². The number of aryl methyl sites for hydroxylation is 1. The summed E-state index contributed by atoms with van der Waals surface area (Å²) in [5, 5.41) is 3.53. The fourth-order valence-corrected chi connectivity index (χ4v) is 3.15. The molecule has 1 fully saturated rings. The van der Waals surface area contributed by atoms with Gasteiger partial charge in [0.2, 0.25) is 0 Å². The van der Waals surface area contributed by atoms with Gasteiger partial charge in [0.05, 0.1) is 20.3 Å². The summed E-state index contributed by atoms with van der Waals surface area (Å²) in [5.41, 5.74) is 3.52. The summed E-state index contributed by atoms with van der Waals surface area (Å²) in [4.78, 5) is 2.43. The van der Waals surface area contributed by atoms with E-state index in [0.29, 0.717) is 6.61 Å². The van der Waals surface area contributed by atoms with Crippen molar-refractivity contribution in [1.82, 2.24) is 10.2 Å². The Balaban J connectivity index is 0.00000280. The van der Waals surface area contributed by atoms with Gasteiger partial charge in [-0.1, -0.05) is 42.0 Å². The van der Waals surface area contributed by atoms with Gasteiger partial charge in [-0.15, -0.1) is 12.4 Å². The standard InChI is InChI=1S/C22H30N2O3.ClH/c1-18-6-8-19(9-7-18)17-27-22-20(4-3-5-21(22)25-2)16-23-10-11-24-12-14-26-15-13-24;/h3-9,23H,10-17H2,1-2H3;1H. The quantitative estimate of drug-likeness (QED) is 0.646. The number of rotatable bonds is 9. The number of hydrogen-bond acceptors (Lipinski definition) is 5. The van der Waals surface area contributed by atoms with Crippen LogP contribution in [0.1, 0.15) is 16.7 Å². The number of ether oxygens (including phenoxy) is 3. The smallest absolute Gasteiger partial charge is 0.166 e. The molecule has 3 rings (SSSR count). The summed E-state index contributed by atoms with van der Waals surface area (Å²) >= 11 is 0. The molecule has 6 heteroatoms. The Morgan fingerprint density at radius 1 is 1.07 bits per heavy atom. The van der Waals surface area contributed by atoms with Crippen molar-refractivity contribution in [2.45, 2.75) is 20.1 Å². The van der Waals surface area contributed by atoms with Crippen LogP contribution in [0, 0.1) is 6.92 Å². The summed E-state index contributed by atoms with van der Waals surface area (Å²) in [6, 6.07) is 14.5. The molecule has 0 atom stereocenters. The van der Waals surface area contributed by atoms with Crippen LogP contribution in [0.4, 0.5) is 0 Å². The number of nitrogens with zero attached hydrogens (tertiary/aromatic N) is 1. The maximum absolute atomic E-state index is 6.14. The highest BCUT2D eigenvalue weighted by molar-refractivity contribution is 5.85. The van der Waals surface area contributed by atoms with E-state index in [1.807, 2.05) is 12.1 Å². The van der Waals surface area contributed by atoms with E-state index in [1.165, 1.54) is 5.56 Å². The van der Waals surface area contributed by atoms with Crippen molar-refractivity contribution < 1.29 is 14.2 Å². The zero-order valence-corrected chi connectivity index (χ0v) is 17.6. The lowest BCUT2D eigenvalue weighted by Gasteiger charge is -2.26. The molecule has 2 aromatic carbocycles. The molecule has 0 aromatic heterocycles. The Hall–Kier alpha value is -1.79. The fraction of sp³-hybridized carbons (Fsp3) is 0.455. The number of morpholine rings is 1. The van der Waals surface area contributed by atoms with Gasteiger partial charge < -0.3 is 19.5 Å². The van der Waals surface area contributed by atoms with Crippen LogP contribution in [0.3, 0.4) is 0 Å². The topological polar surface area (TPSA) is 43.0 Å². The van der Waals surface area contributed by atoms with E-state index in [2.05, 4.69) is 47.5 Å². The number of para-hydroxylation sites is 1. The van der Waals surface area contributed by atoms with Crippen molar-refractivity contribution in [3.63, 3.8) is 0 Å². The predicted octanol–water partition coefficient (Wildman–Crippen LogP) is 3.43. The average Bonchev–Trinajstić information content (AvgIpc) is 2.72. The second-order valence-electron chi connectivity index (χ2n) is 6.85. The lowest BCUT2D eigenvalue weighted by atomic mass is 10.1. The summed E-state index contributed by atoms with van der Waals surface area (Å²) < 4.78 is 17.1. The molecule has 0 aliphatic carbocycles. The first-order valence-electron chi connectivity index (χ1n) is 9.61. The van der Waals surface area contributed by atoms with Crippen molar-refractivity contribution >= 4 is 12.4 Å². The molecule has 1 N–H and O–H groups in total. The normalized spacial score (nSPS) is 14.4. The van der Waals surface area contributed by atoms with Crippen molar-refractivity contribution in [3.05, 3.63) is 59.2 Å². The molecule has 0 amide bonds. The summed E-state index contributed by atoms with van der Waals surface area (Å²) in [6.45, 7) is 9.07. The van der Waals surface area contributed by atoms with Gasteiger partial charge in [-0.05, 0) is 18.6 Å². The molecule has 1 saturated heterocycles. The number of nitrogens with one attached hydrogen (secondary N) is 1. The summed E-state index contributed by atoms with van der Waals surface area (Å²) in [7, 11) is 1.68. The van der Waals surface area contributed by atoms with E-state index in [1.54, 1.807) is 7.11 Å². The number of halogens is 1.